The molecule has 1 aromatic heterocycles. The fourth-order valence-electron chi connectivity index (χ4n) is 2.29. The Labute approximate surface area is 121 Å². The van der Waals surface area contributed by atoms with E-state index in [1.54, 1.807) is 0 Å². The highest BCUT2D eigenvalue weighted by atomic mass is 79.9. The fraction of sp³-hybridized carbons (Fsp3) is 0.615. The molecular weight excluding hydrogens is 312 g/mol. The van der Waals surface area contributed by atoms with Crippen LogP contribution in [0.15, 0.2) is 15.9 Å². The van der Waals surface area contributed by atoms with E-state index in [-0.39, 0.29) is 5.91 Å². The standard InChI is InChI=1S/C13H19BrN2OS/c1-2-16(9-10-5-3-4-7-15-10)13(17)12-11(14)6-8-18-12/h6,8,10,15H,2-5,7,9H2,1H3. The number of amides is 1. The van der Waals surface area contributed by atoms with Gasteiger partial charge in [-0.05, 0) is 53.7 Å². The summed E-state index contributed by atoms with van der Waals surface area (Å²) in [7, 11) is 0. The molecule has 0 bridgehead atoms. The summed E-state index contributed by atoms with van der Waals surface area (Å²) in [5.74, 6) is 0.145. The first-order valence-corrected chi connectivity index (χ1v) is 8.15. The van der Waals surface area contributed by atoms with Crippen LogP contribution in [0.2, 0.25) is 0 Å². The van der Waals surface area contributed by atoms with Gasteiger partial charge in [0.25, 0.3) is 5.91 Å². The lowest BCUT2D eigenvalue weighted by Crippen LogP contribution is -2.45. The monoisotopic (exact) mass is 330 g/mol. The zero-order chi connectivity index (χ0) is 13.0. The summed E-state index contributed by atoms with van der Waals surface area (Å²) < 4.78 is 0.910. The quantitative estimate of drug-likeness (QED) is 0.919. The van der Waals surface area contributed by atoms with Gasteiger partial charge >= 0.3 is 0 Å². The second kappa shape index (κ2) is 6.68. The van der Waals surface area contributed by atoms with E-state index in [4.69, 9.17) is 0 Å². The van der Waals surface area contributed by atoms with Gasteiger partial charge in [0, 0.05) is 23.6 Å². The van der Waals surface area contributed by atoms with Crippen LogP contribution in [0.5, 0.6) is 0 Å². The number of rotatable bonds is 4. The molecule has 0 radical (unpaired) electrons. The maximum absolute atomic E-state index is 12.4. The molecule has 0 spiro atoms. The number of carbonyl (C=O) groups is 1. The second-order valence-electron chi connectivity index (χ2n) is 4.59. The van der Waals surface area contributed by atoms with E-state index in [1.165, 1.54) is 30.6 Å². The number of nitrogens with zero attached hydrogens (tertiary/aromatic N) is 1. The summed E-state index contributed by atoms with van der Waals surface area (Å²) in [6, 6.07) is 2.39. The van der Waals surface area contributed by atoms with Crippen LogP contribution in [-0.4, -0.2) is 36.5 Å². The Balaban J connectivity index is 1.99. The van der Waals surface area contributed by atoms with Crippen molar-refractivity contribution in [3.05, 3.63) is 20.8 Å². The summed E-state index contributed by atoms with van der Waals surface area (Å²) in [6.45, 7) is 4.71. The minimum Gasteiger partial charge on any atom is -0.337 e. The largest absolute Gasteiger partial charge is 0.337 e. The Kier molecular flexibility index (Phi) is 5.21. The second-order valence-corrected chi connectivity index (χ2v) is 6.36. The molecule has 0 aromatic carbocycles. The van der Waals surface area contributed by atoms with Crippen LogP contribution in [0.3, 0.4) is 0 Å². The highest BCUT2D eigenvalue weighted by molar-refractivity contribution is 9.10. The summed E-state index contributed by atoms with van der Waals surface area (Å²) in [5, 5.41) is 5.44. The molecule has 2 heterocycles. The fourth-order valence-corrected chi connectivity index (χ4v) is 3.80. The van der Waals surface area contributed by atoms with Crippen molar-refractivity contribution >= 4 is 33.2 Å². The summed E-state index contributed by atoms with van der Waals surface area (Å²) in [5.41, 5.74) is 0. The lowest BCUT2D eigenvalue weighted by molar-refractivity contribution is 0.0745. The van der Waals surface area contributed by atoms with E-state index >= 15 is 0 Å². The molecule has 2 rings (SSSR count). The molecule has 1 N–H and O–H groups in total. The summed E-state index contributed by atoms with van der Waals surface area (Å²) >= 11 is 4.94. The lowest BCUT2D eigenvalue weighted by atomic mass is 10.0. The average molecular weight is 331 g/mol. The molecule has 1 aliphatic heterocycles. The predicted molar refractivity (Wildman–Crippen MR) is 79.2 cm³/mol. The van der Waals surface area contributed by atoms with Crippen molar-refractivity contribution in [3.63, 3.8) is 0 Å². The molecule has 1 fully saturated rings. The van der Waals surface area contributed by atoms with Crippen LogP contribution in [0, 0.1) is 0 Å². The highest BCUT2D eigenvalue weighted by Gasteiger charge is 2.22. The third kappa shape index (κ3) is 3.33. The number of hydrogen-bond donors (Lipinski definition) is 1. The first-order chi connectivity index (χ1) is 8.72. The third-order valence-corrected chi connectivity index (χ3v) is 5.16. The molecule has 1 aliphatic rings. The number of likely N-dealkylation sites (N-methyl/N-ethyl adjacent to an activating group) is 1. The van der Waals surface area contributed by atoms with Gasteiger partial charge in [0.05, 0.1) is 0 Å². The van der Waals surface area contributed by atoms with Crippen molar-refractivity contribution in [2.45, 2.75) is 32.2 Å². The Hall–Kier alpha value is -0.390. The van der Waals surface area contributed by atoms with Gasteiger partial charge in [-0.25, -0.2) is 0 Å². The average Bonchev–Trinajstić information content (AvgIpc) is 2.82. The van der Waals surface area contributed by atoms with Gasteiger partial charge in [0.15, 0.2) is 0 Å². The SMILES string of the molecule is CCN(CC1CCCCN1)C(=O)c1sccc1Br. The van der Waals surface area contributed by atoms with Crippen LogP contribution in [0.1, 0.15) is 35.9 Å². The molecule has 1 aromatic rings. The Morgan fingerprint density at radius 2 is 2.44 bits per heavy atom. The molecule has 18 heavy (non-hydrogen) atoms. The number of hydrogen-bond acceptors (Lipinski definition) is 3. The summed E-state index contributed by atoms with van der Waals surface area (Å²) in [6.07, 6.45) is 3.70. The number of piperidine rings is 1. The van der Waals surface area contributed by atoms with E-state index < -0.39 is 0 Å². The third-order valence-electron chi connectivity index (χ3n) is 3.33. The number of carbonyl (C=O) groups excluding carboxylic acids is 1. The maximum atomic E-state index is 12.4. The highest BCUT2D eigenvalue weighted by Crippen LogP contribution is 2.24. The molecule has 1 unspecified atom stereocenters. The smallest absolute Gasteiger partial charge is 0.265 e. The van der Waals surface area contributed by atoms with Crippen molar-refractivity contribution in [1.82, 2.24) is 10.2 Å². The molecule has 3 nitrogen and oxygen atoms in total. The van der Waals surface area contributed by atoms with Gasteiger partial charge in [-0.3, -0.25) is 4.79 Å². The van der Waals surface area contributed by atoms with E-state index in [2.05, 4.69) is 21.2 Å². The topological polar surface area (TPSA) is 32.3 Å². The van der Waals surface area contributed by atoms with Crippen LogP contribution < -0.4 is 5.32 Å². The van der Waals surface area contributed by atoms with E-state index in [0.717, 1.165) is 29.0 Å². The van der Waals surface area contributed by atoms with Gasteiger partial charge in [0.2, 0.25) is 0 Å². The predicted octanol–water partition coefficient (Wildman–Crippen LogP) is 3.11. The zero-order valence-electron chi connectivity index (χ0n) is 10.6. The minimum atomic E-state index is 0.145. The van der Waals surface area contributed by atoms with Crippen molar-refractivity contribution in [2.75, 3.05) is 19.6 Å². The summed E-state index contributed by atoms with van der Waals surface area (Å²) in [4.78, 5) is 15.2. The van der Waals surface area contributed by atoms with Gasteiger partial charge in [-0.1, -0.05) is 6.42 Å². The molecule has 100 valence electrons. The molecule has 1 amide bonds. The van der Waals surface area contributed by atoms with E-state index in [9.17, 15) is 4.79 Å². The van der Waals surface area contributed by atoms with Gasteiger partial charge in [-0.15, -0.1) is 11.3 Å². The maximum Gasteiger partial charge on any atom is 0.265 e. The molecular formula is C13H19BrN2OS. The van der Waals surface area contributed by atoms with E-state index in [1.807, 2.05) is 23.3 Å². The number of halogens is 1. The number of nitrogens with one attached hydrogen (secondary N) is 1. The van der Waals surface area contributed by atoms with Gasteiger partial charge in [-0.2, -0.15) is 0 Å². The molecule has 5 heteroatoms. The van der Waals surface area contributed by atoms with Crippen molar-refractivity contribution in [3.8, 4) is 0 Å². The lowest BCUT2D eigenvalue weighted by Gasteiger charge is -2.29. The Morgan fingerprint density at radius 1 is 1.61 bits per heavy atom. The molecule has 1 atom stereocenters. The molecule has 0 saturated carbocycles. The van der Waals surface area contributed by atoms with Crippen LogP contribution in [-0.2, 0) is 0 Å². The minimum absolute atomic E-state index is 0.145. The molecule has 1 saturated heterocycles. The van der Waals surface area contributed by atoms with Crippen molar-refractivity contribution < 1.29 is 4.79 Å². The Bertz CT molecular complexity index is 401. The van der Waals surface area contributed by atoms with Crippen molar-refractivity contribution in [2.24, 2.45) is 0 Å². The van der Waals surface area contributed by atoms with Crippen LogP contribution in [0.4, 0.5) is 0 Å². The van der Waals surface area contributed by atoms with Crippen LogP contribution in [0.25, 0.3) is 0 Å². The molecule has 0 aliphatic carbocycles. The van der Waals surface area contributed by atoms with Crippen LogP contribution >= 0.6 is 27.3 Å². The Morgan fingerprint density at radius 3 is 3.00 bits per heavy atom. The van der Waals surface area contributed by atoms with Gasteiger partial charge < -0.3 is 10.2 Å². The number of thiophene rings is 1. The van der Waals surface area contributed by atoms with Crippen molar-refractivity contribution in [1.29, 1.82) is 0 Å². The first-order valence-electron chi connectivity index (χ1n) is 6.48. The first kappa shape index (κ1) is 14.0. The normalized spacial score (nSPS) is 19.8. The van der Waals surface area contributed by atoms with E-state index in [0.29, 0.717) is 6.04 Å². The van der Waals surface area contributed by atoms with Gasteiger partial charge in [0.1, 0.15) is 4.88 Å². The zero-order valence-corrected chi connectivity index (χ0v) is 13.0.